The highest BCUT2D eigenvalue weighted by atomic mass is 31.2. The molecule has 0 radical (unpaired) electrons. The van der Waals surface area contributed by atoms with Crippen molar-refractivity contribution in [3.05, 3.63) is 40.0 Å². The molecule has 132 valence electrons. The molecule has 0 saturated carbocycles. The zero-order valence-corrected chi connectivity index (χ0v) is 15.3. The molecule has 0 aliphatic carbocycles. The number of phenolic OH excluding ortho intramolecular Hbond substituents is 1. The largest absolute Gasteiger partial charge is 0.507 e. The highest BCUT2D eigenvalue weighted by molar-refractivity contribution is 7.54. The van der Waals surface area contributed by atoms with Gasteiger partial charge in [0.1, 0.15) is 17.9 Å². The number of phenols is 1. The van der Waals surface area contributed by atoms with Gasteiger partial charge < -0.3 is 18.9 Å². The fourth-order valence-electron chi connectivity index (χ4n) is 2.97. The van der Waals surface area contributed by atoms with Crippen LogP contribution in [0.15, 0.2) is 12.2 Å². The molecule has 0 unspecified atom stereocenters. The van der Waals surface area contributed by atoms with Gasteiger partial charge in [-0.3, -0.25) is 4.57 Å². The smallest absolute Gasteiger partial charge is 0.342 e. The monoisotopic (exact) mass is 354 g/mol. The number of carbonyl (C=O) groups excluding carboxylic acids is 1. The third-order valence-corrected chi connectivity index (χ3v) is 6.14. The Bertz CT molecular complexity index is 715. The lowest BCUT2D eigenvalue weighted by molar-refractivity contribution is 0.0533. The highest BCUT2D eigenvalue weighted by Crippen LogP contribution is 2.46. The molecule has 1 aliphatic heterocycles. The van der Waals surface area contributed by atoms with Crippen LogP contribution in [-0.4, -0.2) is 31.5 Å². The minimum absolute atomic E-state index is 0.0127. The number of hydrogen-bond acceptors (Lipinski definition) is 6. The molecule has 7 heteroatoms. The maximum absolute atomic E-state index is 12.0. The van der Waals surface area contributed by atoms with Gasteiger partial charge in [0.2, 0.25) is 0 Å². The van der Waals surface area contributed by atoms with E-state index in [0.717, 1.165) is 23.1 Å². The normalized spacial score (nSPS) is 14.2. The van der Waals surface area contributed by atoms with E-state index in [1.165, 1.54) is 14.2 Å². The molecule has 24 heavy (non-hydrogen) atoms. The molecular weight excluding hydrogens is 331 g/mol. The molecule has 0 saturated heterocycles. The number of ether oxygens (including phenoxy) is 1. The van der Waals surface area contributed by atoms with E-state index in [-0.39, 0.29) is 24.1 Å². The topological polar surface area (TPSA) is 82.1 Å². The molecule has 2 rings (SSSR count). The predicted molar refractivity (Wildman–Crippen MR) is 90.7 cm³/mol. The second kappa shape index (κ2) is 7.51. The third kappa shape index (κ3) is 3.41. The summed E-state index contributed by atoms with van der Waals surface area (Å²) in [5.74, 6) is -0.497. The van der Waals surface area contributed by atoms with Crippen LogP contribution in [0, 0.1) is 6.92 Å². The zero-order valence-electron chi connectivity index (χ0n) is 14.4. The van der Waals surface area contributed by atoms with E-state index in [1.54, 1.807) is 12.2 Å². The summed E-state index contributed by atoms with van der Waals surface area (Å²) in [6.45, 7) is 4.15. The average molecular weight is 354 g/mol. The van der Waals surface area contributed by atoms with Gasteiger partial charge in [-0.15, -0.1) is 0 Å². The van der Waals surface area contributed by atoms with E-state index >= 15 is 0 Å². The molecule has 6 nitrogen and oxygen atoms in total. The Kier molecular flexibility index (Phi) is 5.86. The maximum atomic E-state index is 12.0. The molecule has 0 spiro atoms. The Morgan fingerprint density at radius 2 is 1.92 bits per heavy atom. The van der Waals surface area contributed by atoms with Crippen molar-refractivity contribution in [2.24, 2.45) is 0 Å². The van der Waals surface area contributed by atoms with Crippen LogP contribution < -0.4 is 0 Å². The average Bonchev–Trinajstić information content (AvgIpc) is 2.97. The van der Waals surface area contributed by atoms with Gasteiger partial charge in [-0.1, -0.05) is 19.1 Å². The first-order chi connectivity index (χ1) is 11.4. The van der Waals surface area contributed by atoms with Crippen LogP contribution in [0.1, 0.15) is 39.5 Å². The van der Waals surface area contributed by atoms with Gasteiger partial charge in [-0.05, 0) is 30.9 Å². The van der Waals surface area contributed by atoms with Crippen LogP contribution in [0.3, 0.4) is 0 Å². The molecule has 0 bridgehead atoms. The van der Waals surface area contributed by atoms with Crippen LogP contribution in [0.5, 0.6) is 5.75 Å². The van der Waals surface area contributed by atoms with Crippen molar-refractivity contribution in [3.63, 3.8) is 0 Å². The van der Waals surface area contributed by atoms with Crippen molar-refractivity contribution >= 4 is 13.6 Å². The first-order valence-corrected chi connectivity index (χ1v) is 9.50. The SMILES string of the molecule is CCc1c(C)c2c(c(O)c1C/C=C/CP(=O)(OC)OC)C(=O)OC2. The lowest BCUT2D eigenvalue weighted by atomic mass is 9.89. The van der Waals surface area contributed by atoms with Gasteiger partial charge in [-0.25, -0.2) is 4.79 Å². The quantitative estimate of drug-likeness (QED) is 0.458. The Hall–Kier alpha value is -1.62. The van der Waals surface area contributed by atoms with E-state index in [4.69, 9.17) is 13.8 Å². The summed E-state index contributed by atoms with van der Waals surface area (Å²) in [5.41, 5.74) is 3.74. The summed E-state index contributed by atoms with van der Waals surface area (Å²) < 4.78 is 26.8. The Balaban J connectivity index is 2.31. The van der Waals surface area contributed by atoms with Crippen molar-refractivity contribution < 1.29 is 28.3 Å². The maximum Gasteiger partial charge on any atom is 0.342 e. The molecule has 1 N–H and O–H groups in total. The van der Waals surface area contributed by atoms with E-state index in [1.807, 2.05) is 13.8 Å². The summed E-state index contributed by atoms with van der Waals surface area (Å²) in [4.78, 5) is 11.9. The number of benzene rings is 1. The number of aromatic hydroxyl groups is 1. The third-order valence-electron chi connectivity index (χ3n) is 4.37. The summed E-state index contributed by atoms with van der Waals surface area (Å²) in [5, 5.41) is 10.5. The van der Waals surface area contributed by atoms with Gasteiger partial charge in [0.05, 0.1) is 6.16 Å². The van der Waals surface area contributed by atoms with Gasteiger partial charge in [0.15, 0.2) is 0 Å². The number of allylic oxidation sites excluding steroid dienone is 2. The summed E-state index contributed by atoms with van der Waals surface area (Å²) in [6, 6.07) is 0. The molecule has 1 aromatic rings. The Morgan fingerprint density at radius 3 is 2.50 bits per heavy atom. The molecule has 1 aromatic carbocycles. The minimum Gasteiger partial charge on any atom is -0.507 e. The van der Waals surface area contributed by atoms with Crippen molar-refractivity contribution in [2.45, 2.75) is 33.3 Å². The standard InChI is InChI=1S/C17H23O6P/c1-5-12-11(2)14-10-23-17(19)15(14)16(18)13(12)8-6-7-9-24(20,21-3)22-4/h6-7,18H,5,8-10H2,1-4H3/b7-6+. The van der Waals surface area contributed by atoms with Crippen LogP contribution in [0.2, 0.25) is 0 Å². The second-order valence-corrected chi connectivity index (χ2v) is 7.87. The van der Waals surface area contributed by atoms with Crippen LogP contribution in [0.4, 0.5) is 0 Å². The van der Waals surface area contributed by atoms with Crippen molar-refractivity contribution in [3.8, 4) is 5.75 Å². The lowest BCUT2D eigenvalue weighted by Gasteiger charge is -2.16. The number of fused-ring (bicyclic) bond motifs is 1. The second-order valence-electron chi connectivity index (χ2n) is 5.55. The summed E-state index contributed by atoms with van der Waals surface area (Å²) >= 11 is 0. The van der Waals surface area contributed by atoms with Gasteiger partial charge in [0, 0.05) is 25.3 Å². The predicted octanol–water partition coefficient (Wildman–Crippen LogP) is 3.52. The fraction of sp³-hybridized carbons (Fsp3) is 0.471. The Morgan fingerprint density at radius 1 is 1.25 bits per heavy atom. The van der Waals surface area contributed by atoms with Crippen molar-refractivity contribution in [1.29, 1.82) is 0 Å². The fourth-order valence-corrected chi connectivity index (χ4v) is 3.82. The van der Waals surface area contributed by atoms with Crippen LogP contribution in [-0.2, 0) is 37.8 Å². The van der Waals surface area contributed by atoms with Gasteiger partial charge in [0.25, 0.3) is 0 Å². The van der Waals surface area contributed by atoms with Crippen molar-refractivity contribution in [2.75, 3.05) is 20.4 Å². The molecule has 0 amide bonds. The molecule has 0 aromatic heterocycles. The van der Waals surface area contributed by atoms with Crippen LogP contribution in [0.25, 0.3) is 0 Å². The molecule has 1 aliphatic rings. The number of carbonyl (C=O) groups is 1. The van der Waals surface area contributed by atoms with E-state index in [9.17, 15) is 14.5 Å². The van der Waals surface area contributed by atoms with Gasteiger partial charge >= 0.3 is 13.6 Å². The zero-order chi connectivity index (χ0) is 17.9. The number of cyclic esters (lactones) is 1. The number of esters is 1. The Labute approximate surface area is 142 Å². The van der Waals surface area contributed by atoms with Crippen LogP contribution >= 0.6 is 7.60 Å². The first kappa shape index (κ1) is 18.7. The highest BCUT2D eigenvalue weighted by Gasteiger charge is 2.30. The molecule has 0 atom stereocenters. The van der Waals surface area contributed by atoms with Crippen molar-refractivity contribution in [1.82, 2.24) is 0 Å². The summed E-state index contributed by atoms with van der Waals surface area (Å²) in [6.07, 6.45) is 4.80. The van der Waals surface area contributed by atoms with E-state index in [0.29, 0.717) is 12.0 Å². The van der Waals surface area contributed by atoms with E-state index in [2.05, 4.69) is 0 Å². The summed E-state index contributed by atoms with van der Waals surface area (Å²) in [7, 11) is -0.405. The van der Waals surface area contributed by atoms with Gasteiger partial charge in [-0.2, -0.15) is 0 Å². The molecule has 0 fully saturated rings. The van der Waals surface area contributed by atoms with E-state index < -0.39 is 13.6 Å². The molecule has 1 heterocycles. The first-order valence-electron chi connectivity index (χ1n) is 7.77. The minimum atomic E-state index is -3.09. The number of hydrogen-bond donors (Lipinski definition) is 1. The lowest BCUT2D eigenvalue weighted by Crippen LogP contribution is -2.04. The molecular formula is C17H23O6P. The number of rotatable bonds is 7.